The first-order chi connectivity index (χ1) is 8.58. The van der Waals surface area contributed by atoms with Crippen LogP contribution in [0.1, 0.15) is 13.8 Å². The van der Waals surface area contributed by atoms with Gasteiger partial charge in [0.25, 0.3) is 0 Å². The van der Waals surface area contributed by atoms with Crippen molar-refractivity contribution in [2.24, 2.45) is 11.7 Å². The summed E-state index contributed by atoms with van der Waals surface area (Å²) < 4.78 is 3.20. The fourth-order valence-corrected chi connectivity index (χ4v) is 2.03. The van der Waals surface area contributed by atoms with Crippen molar-refractivity contribution in [3.63, 3.8) is 0 Å². The van der Waals surface area contributed by atoms with Crippen LogP contribution < -0.4 is 5.73 Å². The van der Waals surface area contributed by atoms with E-state index in [9.17, 15) is 0 Å². The number of rotatable bonds is 4. The van der Waals surface area contributed by atoms with Crippen LogP contribution in [0.3, 0.4) is 0 Å². The fourth-order valence-electron chi connectivity index (χ4n) is 1.77. The van der Waals surface area contributed by atoms with Crippen LogP contribution >= 0.6 is 15.9 Å². The summed E-state index contributed by atoms with van der Waals surface area (Å²) in [6.07, 6.45) is 3.73. The van der Waals surface area contributed by atoms with Gasteiger partial charge in [-0.3, -0.25) is 0 Å². The van der Waals surface area contributed by atoms with Crippen LogP contribution in [-0.2, 0) is 6.54 Å². The van der Waals surface area contributed by atoms with Crippen molar-refractivity contribution in [2.45, 2.75) is 26.4 Å². The number of benzene rings is 1. The molecule has 0 aliphatic heterocycles. The average molecular weight is 308 g/mol. The van der Waals surface area contributed by atoms with Crippen molar-refractivity contribution in [1.29, 1.82) is 0 Å². The quantitative estimate of drug-likeness (QED) is 0.942. The first-order valence-corrected chi connectivity index (χ1v) is 6.89. The Hall–Kier alpha value is -1.13. The summed E-state index contributed by atoms with van der Waals surface area (Å²) in [4.78, 5) is 4.23. The van der Waals surface area contributed by atoms with Crippen LogP contribution in [0.2, 0.25) is 0 Å². The second kappa shape index (κ2) is 5.67. The van der Waals surface area contributed by atoms with Gasteiger partial charge in [0.05, 0.1) is 18.2 Å². The molecule has 2 rings (SSSR count). The standard InChI is InChI=1S/C14H18BrN3/c1-10(2)13(16)8-18-9-17-7-14(18)11-3-5-12(15)6-4-11/h3-7,9-10,13H,8,16H2,1-2H3. The number of aromatic nitrogens is 2. The van der Waals surface area contributed by atoms with Crippen molar-refractivity contribution in [1.82, 2.24) is 9.55 Å². The van der Waals surface area contributed by atoms with Crippen LogP contribution in [0, 0.1) is 5.92 Å². The minimum atomic E-state index is 0.147. The van der Waals surface area contributed by atoms with Gasteiger partial charge < -0.3 is 10.3 Å². The second-order valence-corrected chi connectivity index (χ2v) is 5.76. The summed E-state index contributed by atoms with van der Waals surface area (Å²) in [5, 5.41) is 0. The summed E-state index contributed by atoms with van der Waals surface area (Å²) in [6.45, 7) is 5.07. The number of nitrogens with zero attached hydrogens (tertiary/aromatic N) is 2. The SMILES string of the molecule is CC(C)C(N)Cn1cncc1-c1ccc(Br)cc1. The molecule has 2 aromatic rings. The third kappa shape index (κ3) is 3.00. The average Bonchev–Trinajstić information content (AvgIpc) is 2.78. The first-order valence-electron chi connectivity index (χ1n) is 6.09. The molecule has 96 valence electrons. The molecule has 0 aliphatic rings. The first kappa shape index (κ1) is 13.3. The number of halogens is 1. The topological polar surface area (TPSA) is 43.8 Å². The summed E-state index contributed by atoms with van der Waals surface area (Å²) in [7, 11) is 0. The van der Waals surface area contributed by atoms with Crippen LogP contribution in [-0.4, -0.2) is 15.6 Å². The number of nitrogens with two attached hydrogens (primary N) is 1. The zero-order valence-corrected chi connectivity index (χ0v) is 12.3. The summed E-state index contributed by atoms with van der Waals surface area (Å²) in [6, 6.07) is 8.38. The molecule has 0 amide bonds. The van der Waals surface area contributed by atoms with Gasteiger partial charge in [0.2, 0.25) is 0 Å². The molecule has 0 saturated heterocycles. The molecule has 0 saturated carbocycles. The third-order valence-corrected chi connectivity index (χ3v) is 3.64. The van der Waals surface area contributed by atoms with Crippen molar-refractivity contribution >= 4 is 15.9 Å². The molecular weight excluding hydrogens is 290 g/mol. The normalized spacial score (nSPS) is 12.9. The Balaban J connectivity index is 2.25. The lowest BCUT2D eigenvalue weighted by atomic mass is 10.1. The van der Waals surface area contributed by atoms with Gasteiger partial charge in [-0.15, -0.1) is 0 Å². The smallest absolute Gasteiger partial charge is 0.0951 e. The van der Waals surface area contributed by atoms with Gasteiger partial charge in [0, 0.05) is 17.1 Å². The van der Waals surface area contributed by atoms with Gasteiger partial charge in [-0.1, -0.05) is 41.9 Å². The van der Waals surface area contributed by atoms with Crippen molar-refractivity contribution < 1.29 is 0 Å². The number of hydrogen-bond donors (Lipinski definition) is 1. The zero-order chi connectivity index (χ0) is 13.1. The molecule has 0 spiro atoms. The van der Waals surface area contributed by atoms with Gasteiger partial charge in [-0.05, 0) is 23.6 Å². The van der Waals surface area contributed by atoms with Gasteiger partial charge in [0.1, 0.15) is 0 Å². The van der Waals surface area contributed by atoms with E-state index >= 15 is 0 Å². The molecule has 1 atom stereocenters. The van der Waals surface area contributed by atoms with Crippen LogP contribution in [0.4, 0.5) is 0 Å². The van der Waals surface area contributed by atoms with E-state index in [0.717, 1.165) is 22.3 Å². The fraction of sp³-hybridized carbons (Fsp3) is 0.357. The Morgan fingerprint density at radius 3 is 2.56 bits per heavy atom. The van der Waals surface area contributed by atoms with E-state index in [-0.39, 0.29) is 6.04 Å². The van der Waals surface area contributed by atoms with E-state index in [0.29, 0.717) is 5.92 Å². The molecule has 0 bridgehead atoms. The summed E-state index contributed by atoms with van der Waals surface area (Å²) >= 11 is 3.44. The maximum absolute atomic E-state index is 6.12. The molecule has 0 aliphatic carbocycles. The molecule has 0 fully saturated rings. The predicted molar refractivity (Wildman–Crippen MR) is 78.2 cm³/mol. The molecule has 18 heavy (non-hydrogen) atoms. The molecule has 3 nitrogen and oxygen atoms in total. The molecule has 1 unspecified atom stereocenters. The Morgan fingerprint density at radius 2 is 1.94 bits per heavy atom. The molecule has 4 heteroatoms. The van der Waals surface area contributed by atoms with Crippen LogP contribution in [0.25, 0.3) is 11.3 Å². The maximum atomic E-state index is 6.12. The van der Waals surface area contributed by atoms with Crippen LogP contribution in [0.15, 0.2) is 41.3 Å². The molecule has 0 radical (unpaired) electrons. The molecule has 1 heterocycles. The minimum absolute atomic E-state index is 0.147. The lowest BCUT2D eigenvalue weighted by Gasteiger charge is -2.17. The molecular formula is C14H18BrN3. The van der Waals surface area contributed by atoms with Gasteiger partial charge in [-0.2, -0.15) is 0 Å². The highest BCUT2D eigenvalue weighted by Gasteiger charge is 2.11. The van der Waals surface area contributed by atoms with E-state index in [1.165, 1.54) is 0 Å². The Labute approximate surface area is 116 Å². The molecule has 1 aromatic carbocycles. The Kier molecular flexibility index (Phi) is 4.19. The summed E-state index contributed by atoms with van der Waals surface area (Å²) in [5.74, 6) is 0.463. The predicted octanol–water partition coefficient (Wildman–Crippen LogP) is 3.30. The van der Waals surface area contributed by atoms with Crippen LogP contribution in [0.5, 0.6) is 0 Å². The van der Waals surface area contributed by atoms with Gasteiger partial charge in [0.15, 0.2) is 0 Å². The minimum Gasteiger partial charge on any atom is -0.329 e. The number of imidazole rings is 1. The van der Waals surface area contributed by atoms with E-state index < -0.39 is 0 Å². The van der Waals surface area contributed by atoms with E-state index in [1.54, 1.807) is 0 Å². The van der Waals surface area contributed by atoms with E-state index in [2.05, 4.69) is 51.5 Å². The van der Waals surface area contributed by atoms with E-state index in [4.69, 9.17) is 5.73 Å². The Morgan fingerprint density at radius 1 is 1.28 bits per heavy atom. The lowest BCUT2D eigenvalue weighted by molar-refractivity contribution is 0.435. The Bertz CT molecular complexity index is 502. The second-order valence-electron chi connectivity index (χ2n) is 4.85. The van der Waals surface area contributed by atoms with E-state index in [1.807, 2.05) is 24.7 Å². The van der Waals surface area contributed by atoms with Crippen molar-refractivity contribution in [3.8, 4) is 11.3 Å². The monoisotopic (exact) mass is 307 g/mol. The zero-order valence-electron chi connectivity index (χ0n) is 10.7. The third-order valence-electron chi connectivity index (χ3n) is 3.12. The number of hydrogen-bond acceptors (Lipinski definition) is 2. The maximum Gasteiger partial charge on any atom is 0.0951 e. The summed E-state index contributed by atoms with van der Waals surface area (Å²) in [5.41, 5.74) is 8.39. The van der Waals surface area contributed by atoms with Gasteiger partial charge in [-0.25, -0.2) is 4.98 Å². The molecule has 2 N–H and O–H groups in total. The van der Waals surface area contributed by atoms with Gasteiger partial charge >= 0.3 is 0 Å². The molecule has 1 aromatic heterocycles. The largest absolute Gasteiger partial charge is 0.329 e. The highest BCUT2D eigenvalue weighted by molar-refractivity contribution is 9.10. The highest BCUT2D eigenvalue weighted by atomic mass is 79.9. The van der Waals surface area contributed by atoms with Crippen molar-refractivity contribution in [2.75, 3.05) is 0 Å². The van der Waals surface area contributed by atoms with Crippen molar-refractivity contribution in [3.05, 3.63) is 41.3 Å². The lowest BCUT2D eigenvalue weighted by Crippen LogP contribution is -2.31. The highest BCUT2D eigenvalue weighted by Crippen LogP contribution is 2.22.